The Kier molecular flexibility index (Phi) is 2.84. The van der Waals surface area contributed by atoms with Crippen molar-refractivity contribution in [2.24, 2.45) is 5.92 Å². The molecule has 0 saturated carbocycles. The summed E-state index contributed by atoms with van der Waals surface area (Å²) in [4.78, 5) is 3.71. The number of benzene rings is 1. The van der Waals surface area contributed by atoms with E-state index in [0.29, 0.717) is 5.56 Å². The molecule has 0 amide bonds. The fourth-order valence-electron chi connectivity index (χ4n) is 2.70. The molecule has 3 heteroatoms. The van der Waals surface area contributed by atoms with Crippen molar-refractivity contribution in [3.8, 4) is 0 Å². The smallest absolute Gasteiger partial charge is 0.147 e. The lowest BCUT2D eigenvalue weighted by atomic mass is 9.93. The Morgan fingerprint density at radius 2 is 1.83 bits per heavy atom. The topological polar surface area (TPSA) is 33.1 Å². The molecule has 1 aromatic heterocycles. The van der Waals surface area contributed by atoms with E-state index in [1.807, 2.05) is 12.1 Å². The summed E-state index contributed by atoms with van der Waals surface area (Å²) in [5, 5.41) is 10.3. The van der Waals surface area contributed by atoms with Crippen LogP contribution in [0.15, 0.2) is 42.7 Å². The quantitative estimate of drug-likeness (QED) is 0.879. The summed E-state index contributed by atoms with van der Waals surface area (Å²) in [5.74, 6) is -0.375. The molecule has 2 nitrogen and oxygen atoms in total. The van der Waals surface area contributed by atoms with Gasteiger partial charge in [-0.15, -0.1) is 0 Å². The van der Waals surface area contributed by atoms with Gasteiger partial charge in [-0.05, 0) is 36.0 Å². The fraction of sp³-hybridized carbons (Fsp3) is 0.267. The van der Waals surface area contributed by atoms with Crippen molar-refractivity contribution in [1.29, 1.82) is 0 Å². The molecule has 0 fully saturated rings. The molecule has 1 aliphatic rings. The highest BCUT2D eigenvalue weighted by molar-refractivity contribution is 5.33. The highest BCUT2D eigenvalue weighted by Gasteiger charge is 2.29. The fourth-order valence-corrected chi connectivity index (χ4v) is 2.70. The maximum absolute atomic E-state index is 13.6. The number of rotatable bonds is 2. The van der Waals surface area contributed by atoms with Crippen LogP contribution in [-0.2, 0) is 12.8 Å². The molecule has 18 heavy (non-hydrogen) atoms. The molecule has 1 atom stereocenters. The van der Waals surface area contributed by atoms with Gasteiger partial charge < -0.3 is 5.11 Å². The second-order valence-corrected chi connectivity index (χ2v) is 4.78. The number of pyridine rings is 1. The van der Waals surface area contributed by atoms with E-state index in [2.05, 4.69) is 17.1 Å². The van der Waals surface area contributed by atoms with Crippen molar-refractivity contribution in [1.82, 2.24) is 4.98 Å². The molecule has 2 aromatic rings. The van der Waals surface area contributed by atoms with Gasteiger partial charge in [0.2, 0.25) is 0 Å². The van der Waals surface area contributed by atoms with Gasteiger partial charge in [0.05, 0.1) is 12.3 Å². The second-order valence-electron chi connectivity index (χ2n) is 4.78. The van der Waals surface area contributed by atoms with Gasteiger partial charge in [-0.25, -0.2) is 4.39 Å². The van der Waals surface area contributed by atoms with E-state index < -0.39 is 11.9 Å². The molecule has 1 N–H and O–H groups in total. The van der Waals surface area contributed by atoms with Gasteiger partial charge in [0.15, 0.2) is 0 Å². The van der Waals surface area contributed by atoms with Crippen LogP contribution in [0.25, 0.3) is 0 Å². The van der Waals surface area contributed by atoms with Crippen LogP contribution < -0.4 is 0 Å². The molecule has 1 aliphatic carbocycles. The lowest BCUT2D eigenvalue weighted by molar-refractivity contribution is 0.109. The molecule has 1 aromatic carbocycles. The summed E-state index contributed by atoms with van der Waals surface area (Å²) in [6.45, 7) is 0. The minimum atomic E-state index is -0.764. The third-order valence-corrected chi connectivity index (χ3v) is 3.65. The standard InChI is InChI=1S/C15H14FNO/c16-14-9-17-6-5-13(14)15(18)12-7-10-3-1-2-4-11(10)8-12/h1-6,9,12,15,18H,7-8H2. The lowest BCUT2D eigenvalue weighted by Crippen LogP contribution is -2.14. The highest BCUT2D eigenvalue weighted by atomic mass is 19.1. The van der Waals surface area contributed by atoms with E-state index in [9.17, 15) is 9.50 Å². The molecule has 1 unspecified atom stereocenters. The van der Waals surface area contributed by atoms with E-state index in [1.165, 1.54) is 17.3 Å². The zero-order valence-electron chi connectivity index (χ0n) is 9.88. The van der Waals surface area contributed by atoms with E-state index in [4.69, 9.17) is 0 Å². The summed E-state index contributed by atoms with van der Waals surface area (Å²) in [5.41, 5.74) is 2.87. The average molecular weight is 243 g/mol. The second kappa shape index (κ2) is 4.50. The van der Waals surface area contributed by atoms with E-state index in [1.54, 1.807) is 6.07 Å². The minimum Gasteiger partial charge on any atom is -0.388 e. The Bertz CT molecular complexity index is 545. The van der Waals surface area contributed by atoms with Crippen molar-refractivity contribution < 1.29 is 9.50 Å². The molecule has 0 spiro atoms. The third-order valence-electron chi connectivity index (χ3n) is 3.65. The number of aliphatic hydroxyl groups is 1. The first-order valence-corrected chi connectivity index (χ1v) is 6.10. The van der Waals surface area contributed by atoms with Gasteiger partial charge in [-0.3, -0.25) is 4.98 Å². The summed E-state index contributed by atoms with van der Waals surface area (Å²) in [6, 6.07) is 9.71. The normalized spacial score (nSPS) is 16.6. The zero-order chi connectivity index (χ0) is 12.5. The predicted octanol–water partition coefficient (Wildman–Crippen LogP) is 2.67. The minimum absolute atomic E-state index is 0.0549. The van der Waals surface area contributed by atoms with Crippen LogP contribution in [0.5, 0.6) is 0 Å². The number of halogens is 1. The van der Waals surface area contributed by atoms with Crippen molar-refractivity contribution in [2.75, 3.05) is 0 Å². The van der Waals surface area contributed by atoms with Crippen LogP contribution in [0.2, 0.25) is 0 Å². The van der Waals surface area contributed by atoms with Gasteiger partial charge in [-0.1, -0.05) is 24.3 Å². The van der Waals surface area contributed by atoms with Gasteiger partial charge >= 0.3 is 0 Å². The number of nitrogens with zero attached hydrogens (tertiary/aromatic N) is 1. The van der Waals surface area contributed by atoms with Gasteiger partial charge in [0.1, 0.15) is 5.82 Å². The highest BCUT2D eigenvalue weighted by Crippen LogP contribution is 2.35. The van der Waals surface area contributed by atoms with E-state index in [-0.39, 0.29) is 5.92 Å². The summed E-state index contributed by atoms with van der Waals surface area (Å²) >= 11 is 0. The molecule has 0 saturated heterocycles. The van der Waals surface area contributed by atoms with Crippen LogP contribution in [-0.4, -0.2) is 10.1 Å². The number of aromatic nitrogens is 1. The summed E-state index contributed by atoms with van der Waals surface area (Å²) in [6.07, 6.45) is 3.52. The SMILES string of the molecule is OC(c1ccncc1F)C1Cc2ccccc2C1. The Morgan fingerprint density at radius 3 is 2.44 bits per heavy atom. The first-order chi connectivity index (χ1) is 8.75. The van der Waals surface area contributed by atoms with Gasteiger partial charge in [-0.2, -0.15) is 0 Å². The lowest BCUT2D eigenvalue weighted by Gasteiger charge is -2.18. The Labute approximate surface area is 105 Å². The van der Waals surface area contributed by atoms with E-state index in [0.717, 1.165) is 19.0 Å². The monoisotopic (exact) mass is 243 g/mol. The number of fused-ring (bicyclic) bond motifs is 1. The maximum Gasteiger partial charge on any atom is 0.147 e. The summed E-state index contributed by atoms with van der Waals surface area (Å²) in [7, 11) is 0. The number of hydrogen-bond donors (Lipinski definition) is 1. The largest absolute Gasteiger partial charge is 0.388 e. The number of hydrogen-bond acceptors (Lipinski definition) is 2. The average Bonchev–Trinajstić information content (AvgIpc) is 2.82. The maximum atomic E-state index is 13.6. The third kappa shape index (κ3) is 1.91. The molecule has 3 rings (SSSR count). The van der Waals surface area contributed by atoms with Crippen LogP contribution in [0.1, 0.15) is 22.8 Å². The number of aliphatic hydroxyl groups excluding tert-OH is 1. The van der Waals surface area contributed by atoms with Crippen LogP contribution in [0, 0.1) is 11.7 Å². The van der Waals surface area contributed by atoms with Gasteiger partial charge in [0, 0.05) is 11.8 Å². The van der Waals surface area contributed by atoms with Crippen LogP contribution in [0.3, 0.4) is 0 Å². The van der Waals surface area contributed by atoms with E-state index >= 15 is 0 Å². The molecular weight excluding hydrogens is 229 g/mol. The van der Waals surface area contributed by atoms with Crippen molar-refractivity contribution in [3.05, 3.63) is 65.2 Å². The Balaban J connectivity index is 1.85. The molecule has 92 valence electrons. The summed E-state index contributed by atoms with van der Waals surface area (Å²) < 4.78 is 13.6. The van der Waals surface area contributed by atoms with Crippen molar-refractivity contribution in [2.45, 2.75) is 18.9 Å². The predicted molar refractivity (Wildman–Crippen MR) is 66.5 cm³/mol. The first kappa shape index (κ1) is 11.4. The first-order valence-electron chi connectivity index (χ1n) is 6.10. The Morgan fingerprint density at radius 1 is 1.17 bits per heavy atom. The van der Waals surface area contributed by atoms with Crippen LogP contribution >= 0.6 is 0 Å². The van der Waals surface area contributed by atoms with Crippen molar-refractivity contribution >= 4 is 0 Å². The molecule has 0 aliphatic heterocycles. The molecule has 1 heterocycles. The zero-order valence-corrected chi connectivity index (χ0v) is 9.88. The molecule has 0 bridgehead atoms. The van der Waals surface area contributed by atoms with Crippen LogP contribution in [0.4, 0.5) is 4.39 Å². The van der Waals surface area contributed by atoms with Gasteiger partial charge in [0.25, 0.3) is 0 Å². The molecule has 0 radical (unpaired) electrons. The Hall–Kier alpha value is -1.74. The molecular formula is C15H14FNO. The van der Waals surface area contributed by atoms with Crippen molar-refractivity contribution in [3.63, 3.8) is 0 Å².